The second kappa shape index (κ2) is 4.80. The lowest BCUT2D eigenvalue weighted by molar-refractivity contribution is 0.216. The zero-order chi connectivity index (χ0) is 15.4. The lowest BCUT2D eigenvalue weighted by Crippen LogP contribution is -2.47. The minimum Gasteiger partial charge on any atom is -0.300 e. The Hall–Kier alpha value is -0.910. The van der Waals surface area contributed by atoms with Crippen molar-refractivity contribution in [2.24, 2.45) is 0 Å². The van der Waals surface area contributed by atoms with Crippen molar-refractivity contribution in [3.8, 4) is 0 Å². The first-order chi connectivity index (χ1) is 9.69. The summed E-state index contributed by atoms with van der Waals surface area (Å²) in [4.78, 5) is 2.69. The fraction of sp³-hybridized carbons (Fsp3) is 0.625. The Morgan fingerprint density at radius 2 is 1.67 bits per heavy atom. The maximum absolute atomic E-state index is 12.8. The van der Waals surface area contributed by atoms with Crippen LogP contribution in [0.15, 0.2) is 29.2 Å². The number of likely N-dealkylation sites (tertiary alicyclic amines) is 1. The second-order valence-corrected chi connectivity index (χ2v) is 9.22. The molecule has 2 aliphatic heterocycles. The molecular formula is C16H24N2O2S. The number of hydrogen-bond donors (Lipinski definition) is 0. The van der Waals surface area contributed by atoms with Gasteiger partial charge in [-0.05, 0) is 36.6 Å². The Morgan fingerprint density at radius 3 is 2.10 bits per heavy atom. The first-order valence-electron chi connectivity index (χ1n) is 7.52. The maximum Gasteiger partial charge on any atom is 0.243 e. The Labute approximate surface area is 127 Å². The molecule has 0 saturated carbocycles. The van der Waals surface area contributed by atoms with Gasteiger partial charge in [0.1, 0.15) is 0 Å². The van der Waals surface area contributed by atoms with E-state index < -0.39 is 10.0 Å². The molecule has 2 bridgehead atoms. The van der Waals surface area contributed by atoms with Crippen molar-refractivity contribution in [3.63, 3.8) is 0 Å². The molecule has 2 saturated heterocycles. The number of nitrogens with zero attached hydrogens (tertiary/aromatic N) is 2. The zero-order valence-electron chi connectivity index (χ0n) is 13.2. The smallest absolute Gasteiger partial charge is 0.243 e. The minimum atomic E-state index is -3.35. The van der Waals surface area contributed by atoms with E-state index in [1.165, 1.54) is 0 Å². The second-order valence-electron chi connectivity index (χ2n) is 7.33. The lowest BCUT2D eigenvalue weighted by Gasteiger charge is -2.31. The van der Waals surface area contributed by atoms with E-state index in [-0.39, 0.29) is 11.5 Å². The highest BCUT2D eigenvalue weighted by Crippen LogP contribution is 2.34. The number of hydrogen-bond acceptors (Lipinski definition) is 3. The van der Waals surface area contributed by atoms with Crippen LogP contribution in [0.5, 0.6) is 0 Å². The summed E-state index contributed by atoms with van der Waals surface area (Å²) in [6.45, 7) is 7.87. The molecule has 0 amide bonds. The number of likely N-dealkylation sites (N-methyl/N-ethyl adjacent to an activating group) is 1. The normalized spacial score (nSPS) is 27.4. The van der Waals surface area contributed by atoms with E-state index in [0.29, 0.717) is 17.5 Å². The van der Waals surface area contributed by atoms with Gasteiger partial charge in [-0.2, -0.15) is 4.31 Å². The van der Waals surface area contributed by atoms with Gasteiger partial charge in [0.15, 0.2) is 0 Å². The van der Waals surface area contributed by atoms with Gasteiger partial charge in [0.2, 0.25) is 10.0 Å². The highest BCUT2D eigenvalue weighted by Gasteiger charge is 2.46. The van der Waals surface area contributed by atoms with Crippen LogP contribution in [0.1, 0.15) is 32.8 Å². The molecule has 1 aromatic carbocycles. The molecule has 21 heavy (non-hydrogen) atoms. The largest absolute Gasteiger partial charge is 0.300 e. The third-order valence-electron chi connectivity index (χ3n) is 4.79. The van der Waals surface area contributed by atoms with E-state index >= 15 is 0 Å². The fourth-order valence-electron chi connectivity index (χ4n) is 3.39. The molecule has 1 aromatic rings. The number of piperazine rings is 1. The van der Waals surface area contributed by atoms with Crippen molar-refractivity contribution < 1.29 is 8.42 Å². The van der Waals surface area contributed by atoms with Gasteiger partial charge in [-0.25, -0.2) is 8.42 Å². The lowest BCUT2D eigenvalue weighted by atomic mass is 9.87. The third-order valence-corrected chi connectivity index (χ3v) is 6.72. The van der Waals surface area contributed by atoms with Crippen molar-refractivity contribution in [1.82, 2.24) is 9.21 Å². The molecule has 4 nitrogen and oxygen atoms in total. The predicted octanol–water partition coefficient (Wildman–Crippen LogP) is 2.06. The van der Waals surface area contributed by atoms with Crippen molar-refractivity contribution in [1.29, 1.82) is 0 Å². The Morgan fingerprint density at radius 1 is 1.05 bits per heavy atom. The summed E-state index contributed by atoms with van der Waals surface area (Å²) in [7, 11) is -1.27. The van der Waals surface area contributed by atoms with Gasteiger partial charge in [-0.1, -0.05) is 32.9 Å². The van der Waals surface area contributed by atoms with Gasteiger partial charge in [0.05, 0.1) is 4.90 Å². The van der Waals surface area contributed by atoms with Crippen LogP contribution in [-0.4, -0.2) is 49.8 Å². The molecule has 2 fully saturated rings. The van der Waals surface area contributed by atoms with Gasteiger partial charge in [-0.3, -0.25) is 0 Å². The van der Waals surface area contributed by atoms with Crippen molar-refractivity contribution >= 4 is 10.0 Å². The fourth-order valence-corrected chi connectivity index (χ4v) is 5.05. The van der Waals surface area contributed by atoms with E-state index in [2.05, 4.69) is 32.7 Å². The minimum absolute atomic E-state index is 0.0394. The molecule has 2 heterocycles. The zero-order valence-corrected chi connectivity index (χ0v) is 14.0. The van der Waals surface area contributed by atoms with E-state index in [4.69, 9.17) is 0 Å². The van der Waals surface area contributed by atoms with E-state index in [9.17, 15) is 8.42 Å². The molecular weight excluding hydrogens is 284 g/mol. The Kier molecular flexibility index (Phi) is 3.43. The van der Waals surface area contributed by atoms with E-state index in [0.717, 1.165) is 18.5 Å². The summed E-state index contributed by atoms with van der Waals surface area (Å²) in [5.41, 5.74) is 1.20. The van der Waals surface area contributed by atoms with E-state index in [1.807, 2.05) is 12.1 Å². The highest BCUT2D eigenvalue weighted by atomic mass is 32.2. The molecule has 3 rings (SSSR count). The van der Waals surface area contributed by atoms with Crippen LogP contribution < -0.4 is 0 Å². The first-order valence-corrected chi connectivity index (χ1v) is 8.96. The maximum atomic E-state index is 12.8. The molecule has 0 spiro atoms. The number of fused-ring (bicyclic) bond motifs is 2. The van der Waals surface area contributed by atoms with Crippen LogP contribution in [0.3, 0.4) is 0 Å². The molecule has 0 aromatic heterocycles. The quantitative estimate of drug-likeness (QED) is 0.840. The summed E-state index contributed by atoms with van der Waals surface area (Å²) in [6, 6.07) is 7.92. The molecule has 0 unspecified atom stereocenters. The van der Waals surface area contributed by atoms with Gasteiger partial charge in [0, 0.05) is 25.2 Å². The van der Waals surface area contributed by atoms with Crippen molar-refractivity contribution in [3.05, 3.63) is 29.8 Å². The topological polar surface area (TPSA) is 40.6 Å². The Bertz CT molecular complexity index is 629. The van der Waals surface area contributed by atoms with Crippen LogP contribution >= 0.6 is 0 Å². The van der Waals surface area contributed by atoms with Crippen molar-refractivity contribution in [2.45, 2.75) is 49.6 Å². The first kappa shape index (κ1) is 15.0. The Balaban J connectivity index is 1.86. The molecule has 2 aliphatic rings. The molecule has 0 N–H and O–H groups in total. The van der Waals surface area contributed by atoms with Crippen LogP contribution in [0.4, 0.5) is 0 Å². The van der Waals surface area contributed by atoms with Crippen LogP contribution in [0.25, 0.3) is 0 Å². The van der Waals surface area contributed by atoms with Gasteiger partial charge >= 0.3 is 0 Å². The summed E-state index contributed by atoms with van der Waals surface area (Å²) in [5.74, 6) is 0. The summed E-state index contributed by atoms with van der Waals surface area (Å²) in [6.07, 6.45) is 0.968. The van der Waals surface area contributed by atoms with Gasteiger partial charge < -0.3 is 4.90 Å². The molecule has 5 heteroatoms. The molecule has 0 aliphatic carbocycles. The predicted molar refractivity (Wildman–Crippen MR) is 83.9 cm³/mol. The highest BCUT2D eigenvalue weighted by molar-refractivity contribution is 7.89. The average Bonchev–Trinajstić information content (AvgIpc) is 2.97. The van der Waals surface area contributed by atoms with Gasteiger partial charge in [-0.15, -0.1) is 0 Å². The SMILES string of the molecule is CN1C[C@@H]2C[C@H]1CN2S(=O)(=O)c1ccc(C(C)(C)C)cc1. The monoisotopic (exact) mass is 308 g/mol. The summed E-state index contributed by atoms with van der Waals surface area (Å²) in [5, 5.41) is 0. The van der Waals surface area contributed by atoms with Crippen molar-refractivity contribution in [2.75, 3.05) is 20.1 Å². The molecule has 0 radical (unpaired) electrons. The third kappa shape index (κ3) is 2.51. The molecule has 2 atom stereocenters. The van der Waals surface area contributed by atoms with Crippen LogP contribution in [0.2, 0.25) is 0 Å². The number of sulfonamides is 1. The number of benzene rings is 1. The standard InChI is InChI=1S/C16H24N2O2S/c1-16(2,3)12-5-7-15(8-6-12)21(19,20)18-11-13-9-14(18)10-17(13)4/h5-8,13-14H,9-11H2,1-4H3/t13-,14-/m0/s1. The summed E-state index contributed by atoms with van der Waals surface area (Å²) >= 11 is 0. The number of rotatable bonds is 2. The summed E-state index contributed by atoms with van der Waals surface area (Å²) < 4.78 is 27.3. The van der Waals surface area contributed by atoms with E-state index in [1.54, 1.807) is 16.4 Å². The average molecular weight is 308 g/mol. The van der Waals surface area contributed by atoms with Crippen LogP contribution in [-0.2, 0) is 15.4 Å². The molecule has 116 valence electrons. The van der Waals surface area contributed by atoms with Crippen LogP contribution in [0, 0.1) is 0 Å². The van der Waals surface area contributed by atoms with Gasteiger partial charge in [0.25, 0.3) is 0 Å².